The van der Waals surface area contributed by atoms with E-state index in [1.807, 2.05) is 42.5 Å². The Labute approximate surface area is 116 Å². The third-order valence-corrected chi connectivity index (χ3v) is 1.97. The van der Waals surface area contributed by atoms with Gasteiger partial charge in [-0.3, -0.25) is 0 Å². The van der Waals surface area contributed by atoms with Crippen molar-refractivity contribution in [2.45, 2.75) is 0 Å². The molecule has 0 heterocycles. The van der Waals surface area contributed by atoms with Gasteiger partial charge in [0, 0.05) is 0 Å². The number of rotatable bonds is 1. The Balaban J connectivity index is 0. The first-order chi connectivity index (χ1) is 6.36. The molecule has 0 aromatic heterocycles. The molecule has 0 spiro atoms. The maximum Gasteiger partial charge on any atom is 2.00 e. The van der Waals surface area contributed by atoms with Crippen molar-refractivity contribution in [2.75, 3.05) is 0 Å². The van der Waals surface area contributed by atoms with Gasteiger partial charge in [-0.15, -0.1) is 0 Å². The number of hydrogen-bond acceptors (Lipinski definition) is 1. The molecular weight excluding hydrogens is 200 g/mol. The first-order valence-electron chi connectivity index (χ1n) is 4.21. The van der Waals surface area contributed by atoms with Gasteiger partial charge in [-0.2, -0.15) is 0 Å². The molecule has 0 aliphatic heterocycles. The second kappa shape index (κ2) is 5.40. The number of phenols is 1. The van der Waals surface area contributed by atoms with E-state index in [0.29, 0.717) is 5.75 Å². The Hall–Kier alpha value is -0.500. The molecule has 2 aromatic rings. The molecule has 14 heavy (non-hydrogen) atoms. The van der Waals surface area contributed by atoms with Gasteiger partial charge in [-0.1, -0.05) is 42.5 Å². The van der Waals surface area contributed by atoms with Crippen molar-refractivity contribution in [3.05, 3.63) is 54.6 Å². The largest absolute Gasteiger partial charge is 2.00 e. The second-order valence-electron chi connectivity index (χ2n) is 2.91. The quantitative estimate of drug-likeness (QED) is 0.721. The van der Waals surface area contributed by atoms with Crippen LogP contribution in [0.3, 0.4) is 0 Å². The van der Waals surface area contributed by atoms with Crippen molar-refractivity contribution >= 4 is 37.7 Å². The standard InChI is InChI=1S/C12H10O.Ca.2H/c13-12-8-6-11(7-9-12)10-4-2-1-3-5-10;;;/h1-9,13H;;;/q;+2;2*-1. The van der Waals surface area contributed by atoms with Gasteiger partial charge in [-0.05, 0) is 23.3 Å². The molecule has 0 bridgehead atoms. The van der Waals surface area contributed by atoms with E-state index in [-0.39, 0.29) is 40.6 Å². The zero-order chi connectivity index (χ0) is 9.10. The van der Waals surface area contributed by atoms with Crippen molar-refractivity contribution in [3.63, 3.8) is 0 Å². The molecule has 0 aliphatic rings. The van der Waals surface area contributed by atoms with E-state index in [0.717, 1.165) is 5.56 Å². The maximum absolute atomic E-state index is 9.10. The van der Waals surface area contributed by atoms with Crippen LogP contribution < -0.4 is 0 Å². The molecule has 0 atom stereocenters. The third kappa shape index (κ3) is 2.74. The van der Waals surface area contributed by atoms with Crippen molar-refractivity contribution in [2.24, 2.45) is 0 Å². The normalized spacial score (nSPS) is 9.14. The van der Waals surface area contributed by atoms with Crippen LogP contribution >= 0.6 is 0 Å². The molecule has 0 amide bonds. The summed E-state index contributed by atoms with van der Waals surface area (Å²) in [7, 11) is 0. The van der Waals surface area contributed by atoms with Gasteiger partial charge >= 0.3 is 37.7 Å². The molecular formula is C12H12CaO. The topological polar surface area (TPSA) is 20.2 Å². The van der Waals surface area contributed by atoms with Crippen LogP contribution in [0.4, 0.5) is 0 Å². The smallest absolute Gasteiger partial charge is 1.00 e. The number of aromatic hydroxyl groups is 1. The van der Waals surface area contributed by atoms with E-state index >= 15 is 0 Å². The number of benzene rings is 2. The van der Waals surface area contributed by atoms with E-state index in [2.05, 4.69) is 0 Å². The van der Waals surface area contributed by atoms with Crippen LogP contribution in [0.1, 0.15) is 2.85 Å². The fourth-order valence-electron chi connectivity index (χ4n) is 1.28. The molecule has 0 saturated heterocycles. The fraction of sp³-hybridized carbons (Fsp3) is 0. The van der Waals surface area contributed by atoms with Crippen LogP contribution in [0.25, 0.3) is 11.1 Å². The molecule has 2 rings (SSSR count). The van der Waals surface area contributed by atoms with Gasteiger partial charge < -0.3 is 7.96 Å². The molecule has 1 nitrogen and oxygen atoms in total. The van der Waals surface area contributed by atoms with Gasteiger partial charge in [0.15, 0.2) is 0 Å². The Morgan fingerprint density at radius 1 is 0.714 bits per heavy atom. The summed E-state index contributed by atoms with van der Waals surface area (Å²) in [5.74, 6) is 0.305. The molecule has 2 heteroatoms. The monoisotopic (exact) mass is 212 g/mol. The molecule has 1 N–H and O–H groups in total. The van der Waals surface area contributed by atoms with E-state index in [1.165, 1.54) is 5.56 Å². The van der Waals surface area contributed by atoms with Crippen molar-refractivity contribution in [1.29, 1.82) is 0 Å². The summed E-state index contributed by atoms with van der Waals surface area (Å²) in [5, 5.41) is 9.10. The summed E-state index contributed by atoms with van der Waals surface area (Å²) in [6.07, 6.45) is 0. The van der Waals surface area contributed by atoms with Crippen LogP contribution in [0.2, 0.25) is 0 Å². The van der Waals surface area contributed by atoms with Crippen LogP contribution in [-0.2, 0) is 0 Å². The van der Waals surface area contributed by atoms with Crippen molar-refractivity contribution < 1.29 is 7.96 Å². The van der Waals surface area contributed by atoms with E-state index < -0.39 is 0 Å². The average Bonchev–Trinajstić information content (AvgIpc) is 2.20. The fourth-order valence-corrected chi connectivity index (χ4v) is 1.28. The number of phenolic OH excluding ortho intramolecular Hbond substituents is 1. The van der Waals surface area contributed by atoms with Gasteiger partial charge in [0.1, 0.15) is 5.75 Å². The minimum atomic E-state index is 0. The Morgan fingerprint density at radius 3 is 1.79 bits per heavy atom. The Kier molecular flexibility index (Phi) is 4.46. The Bertz CT molecular complexity index is 390. The zero-order valence-electron chi connectivity index (χ0n) is 9.85. The van der Waals surface area contributed by atoms with Crippen molar-refractivity contribution in [3.8, 4) is 16.9 Å². The molecule has 0 fully saturated rings. The van der Waals surface area contributed by atoms with Gasteiger partial charge in [0.2, 0.25) is 0 Å². The molecule has 0 radical (unpaired) electrons. The summed E-state index contributed by atoms with van der Waals surface area (Å²) in [4.78, 5) is 0. The van der Waals surface area contributed by atoms with Crippen LogP contribution in [0, 0.1) is 0 Å². The van der Waals surface area contributed by atoms with Crippen LogP contribution in [-0.4, -0.2) is 42.8 Å². The first kappa shape index (κ1) is 11.6. The molecule has 0 aliphatic carbocycles. The summed E-state index contributed by atoms with van der Waals surface area (Å²) >= 11 is 0. The molecule has 0 unspecified atom stereocenters. The summed E-state index contributed by atoms with van der Waals surface area (Å²) in [6.45, 7) is 0. The zero-order valence-corrected chi connectivity index (χ0v) is 10.1. The summed E-state index contributed by atoms with van der Waals surface area (Å²) in [6, 6.07) is 17.3. The van der Waals surface area contributed by atoms with Gasteiger partial charge in [0.05, 0.1) is 0 Å². The van der Waals surface area contributed by atoms with Crippen molar-refractivity contribution in [1.82, 2.24) is 0 Å². The maximum atomic E-state index is 9.10. The third-order valence-electron chi connectivity index (χ3n) is 1.97. The van der Waals surface area contributed by atoms with E-state index in [1.54, 1.807) is 12.1 Å². The van der Waals surface area contributed by atoms with Crippen LogP contribution in [0.15, 0.2) is 54.6 Å². The minimum Gasteiger partial charge on any atom is -1.00 e. The second-order valence-corrected chi connectivity index (χ2v) is 2.91. The number of hydrogen-bond donors (Lipinski definition) is 1. The minimum absolute atomic E-state index is 0. The molecule has 0 saturated carbocycles. The average molecular weight is 212 g/mol. The van der Waals surface area contributed by atoms with Crippen LogP contribution in [0.5, 0.6) is 5.75 Å². The first-order valence-corrected chi connectivity index (χ1v) is 4.21. The SMILES string of the molecule is Oc1ccc(-c2ccccc2)cc1.[Ca+2].[H-].[H-]. The predicted octanol–water partition coefficient (Wildman–Crippen LogP) is 2.90. The van der Waals surface area contributed by atoms with E-state index in [9.17, 15) is 0 Å². The molecule has 68 valence electrons. The van der Waals surface area contributed by atoms with Gasteiger partial charge in [-0.25, -0.2) is 0 Å². The predicted molar refractivity (Wildman–Crippen MR) is 61.5 cm³/mol. The summed E-state index contributed by atoms with van der Waals surface area (Å²) < 4.78 is 0. The van der Waals surface area contributed by atoms with Gasteiger partial charge in [0.25, 0.3) is 0 Å². The Morgan fingerprint density at radius 2 is 1.21 bits per heavy atom. The molecule has 2 aromatic carbocycles. The summed E-state index contributed by atoms with van der Waals surface area (Å²) in [5.41, 5.74) is 2.29. The van der Waals surface area contributed by atoms with E-state index in [4.69, 9.17) is 5.11 Å².